The molecule has 0 radical (unpaired) electrons. The summed E-state index contributed by atoms with van der Waals surface area (Å²) >= 11 is 0. The average Bonchev–Trinajstić information content (AvgIpc) is 2.56. The molecule has 0 bridgehead atoms. The molecule has 4 nitrogen and oxygen atoms in total. The van der Waals surface area contributed by atoms with Crippen LogP contribution in [0, 0.1) is 6.92 Å². The highest BCUT2D eigenvalue weighted by atomic mass is 16.5. The fraction of sp³-hybridized carbons (Fsp3) is 0.316. The third kappa shape index (κ3) is 5.02. The second kappa shape index (κ2) is 8.22. The zero-order chi connectivity index (χ0) is 16.7. The van der Waals surface area contributed by atoms with Crippen molar-refractivity contribution in [3.63, 3.8) is 0 Å². The lowest BCUT2D eigenvalue weighted by Gasteiger charge is -2.09. The van der Waals surface area contributed by atoms with Crippen molar-refractivity contribution in [2.24, 2.45) is 10.7 Å². The first-order chi connectivity index (χ1) is 11.1. The zero-order valence-corrected chi connectivity index (χ0v) is 14.1. The molecule has 0 amide bonds. The highest BCUT2D eigenvalue weighted by molar-refractivity contribution is 5.92. The van der Waals surface area contributed by atoms with Crippen molar-refractivity contribution in [1.82, 2.24) is 0 Å². The Balaban J connectivity index is 1.93. The fourth-order valence-electron chi connectivity index (χ4n) is 2.41. The summed E-state index contributed by atoms with van der Waals surface area (Å²) in [5, 5.41) is 3.12. The molecule has 0 aliphatic carbocycles. The number of methoxy groups -OCH3 is 1. The number of aryl methyl sites for hydroxylation is 2. The van der Waals surface area contributed by atoms with Gasteiger partial charge in [0.25, 0.3) is 0 Å². The summed E-state index contributed by atoms with van der Waals surface area (Å²) in [6.45, 7) is 4.83. The Kier molecular flexibility index (Phi) is 6.03. The van der Waals surface area contributed by atoms with E-state index in [0.717, 1.165) is 29.8 Å². The molecule has 0 aliphatic heterocycles. The number of guanidine groups is 1. The number of aliphatic imine (C=N–C) groups is 1. The largest absolute Gasteiger partial charge is 0.496 e. The first kappa shape index (κ1) is 16.9. The Hall–Kier alpha value is -2.49. The van der Waals surface area contributed by atoms with E-state index in [9.17, 15) is 0 Å². The summed E-state index contributed by atoms with van der Waals surface area (Å²) in [5.41, 5.74) is 10.6. The van der Waals surface area contributed by atoms with Gasteiger partial charge in [0.2, 0.25) is 0 Å². The van der Waals surface area contributed by atoms with Crippen LogP contribution in [0.5, 0.6) is 5.75 Å². The van der Waals surface area contributed by atoms with E-state index in [2.05, 4.69) is 42.4 Å². The minimum absolute atomic E-state index is 0.431. The molecule has 2 rings (SSSR count). The minimum Gasteiger partial charge on any atom is -0.496 e. The van der Waals surface area contributed by atoms with Gasteiger partial charge in [-0.3, -0.25) is 4.99 Å². The van der Waals surface area contributed by atoms with Gasteiger partial charge in [0, 0.05) is 12.2 Å². The van der Waals surface area contributed by atoms with Crippen LogP contribution in [0.2, 0.25) is 0 Å². The lowest BCUT2D eigenvalue weighted by atomic mass is 10.1. The van der Waals surface area contributed by atoms with Crippen LogP contribution in [0.1, 0.15) is 23.6 Å². The normalized spacial score (nSPS) is 11.3. The maximum absolute atomic E-state index is 5.95. The lowest BCUT2D eigenvalue weighted by Crippen LogP contribution is -2.23. The van der Waals surface area contributed by atoms with E-state index in [4.69, 9.17) is 10.5 Å². The third-order valence-corrected chi connectivity index (χ3v) is 3.73. The Labute approximate surface area is 138 Å². The van der Waals surface area contributed by atoms with E-state index in [1.165, 1.54) is 11.1 Å². The van der Waals surface area contributed by atoms with Gasteiger partial charge < -0.3 is 15.8 Å². The first-order valence-electron chi connectivity index (χ1n) is 7.91. The van der Waals surface area contributed by atoms with Crippen LogP contribution in [0.25, 0.3) is 0 Å². The summed E-state index contributed by atoms with van der Waals surface area (Å²) in [4.78, 5) is 4.39. The van der Waals surface area contributed by atoms with Gasteiger partial charge in [-0.25, -0.2) is 0 Å². The standard InChI is InChI=1S/C19H25N3O/c1-4-15-6-8-17(9-7-15)22-19(20)21-12-11-16-13-14(2)5-10-18(16)23-3/h5-10,13H,4,11-12H2,1-3H3,(H3,20,21,22). The Bertz CT molecular complexity index is 663. The third-order valence-electron chi connectivity index (χ3n) is 3.73. The molecular formula is C19H25N3O. The molecule has 0 aliphatic rings. The van der Waals surface area contributed by atoms with Crippen molar-refractivity contribution in [3.8, 4) is 5.75 Å². The minimum atomic E-state index is 0.431. The van der Waals surface area contributed by atoms with Crippen LogP contribution in [-0.4, -0.2) is 19.6 Å². The number of hydrogen-bond donors (Lipinski definition) is 2. The Morgan fingerprint density at radius 3 is 2.57 bits per heavy atom. The highest BCUT2D eigenvalue weighted by Gasteiger charge is 2.03. The van der Waals surface area contributed by atoms with Crippen molar-refractivity contribution in [3.05, 3.63) is 59.2 Å². The average molecular weight is 311 g/mol. The van der Waals surface area contributed by atoms with Gasteiger partial charge >= 0.3 is 0 Å². The first-order valence-corrected chi connectivity index (χ1v) is 7.91. The Morgan fingerprint density at radius 2 is 1.91 bits per heavy atom. The number of hydrogen-bond acceptors (Lipinski definition) is 2. The van der Waals surface area contributed by atoms with E-state index in [0.29, 0.717) is 12.5 Å². The molecule has 0 unspecified atom stereocenters. The van der Waals surface area contributed by atoms with Crippen LogP contribution in [0.15, 0.2) is 47.5 Å². The van der Waals surface area contributed by atoms with Gasteiger partial charge in [0.15, 0.2) is 5.96 Å². The quantitative estimate of drug-likeness (QED) is 0.634. The second-order valence-corrected chi connectivity index (χ2v) is 5.51. The van der Waals surface area contributed by atoms with Crippen molar-refractivity contribution >= 4 is 11.6 Å². The number of benzene rings is 2. The van der Waals surface area contributed by atoms with Gasteiger partial charge in [-0.05, 0) is 49.1 Å². The number of nitrogens with one attached hydrogen (secondary N) is 1. The van der Waals surface area contributed by atoms with Crippen LogP contribution in [0.4, 0.5) is 5.69 Å². The SMILES string of the molecule is CCc1ccc(NC(N)=NCCc2cc(C)ccc2OC)cc1. The molecule has 3 N–H and O–H groups in total. The number of ether oxygens (including phenoxy) is 1. The molecule has 0 saturated heterocycles. The van der Waals surface area contributed by atoms with Crippen LogP contribution in [0.3, 0.4) is 0 Å². The second-order valence-electron chi connectivity index (χ2n) is 5.51. The predicted octanol–water partition coefficient (Wildman–Crippen LogP) is 3.54. The van der Waals surface area contributed by atoms with Gasteiger partial charge in [0.05, 0.1) is 7.11 Å². The zero-order valence-electron chi connectivity index (χ0n) is 14.1. The summed E-state index contributed by atoms with van der Waals surface area (Å²) in [6.07, 6.45) is 1.82. The van der Waals surface area contributed by atoms with Gasteiger partial charge in [-0.1, -0.05) is 36.8 Å². The molecule has 0 spiro atoms. The Morgan fingerprint density at radius 1 is 1.17 bits per heavy atom. The monoisotopic (exact) mass is 311 g/mol. The summed E-state index contributed by atoms with van der Waals surface area (Å²) < 4.78 is 5.38. The highest BCUT2D eigenvalue weighted by Crippen LogP contribution is 2.20. The molecule has 122 valence electrons. The maximum atomic E-state index is 5.95. The van der Waals surface area contributed by atoms with Crippen molar-refractivity contribution in [2.75, 3.05) is 19.0 Å². The fourth-order valence-corrected chi connectivity index (χ4v) is 2.41. The number of rotatable bonds is 6. The van der Waals surface area contributed by atoms with Crippen LogP contribution < -0.4 is 15.8 Å². The smallest absolute Gasteiger partial charge is 0.193 e. The molecule has 0 heterocycles. The molecule has 2 aromatic rings. The summed E-state index contributed by atoms with van der Waals surface area (Å²) in [6, 6.07) is 14.4. The molecule has 0 atom stereocenters. The van der Waals surface area contributed by atoms with Crippen molar-refractivity contribution < 1.29 is 4.74 Å². The van der Waals surface area contributed by atoms with E-state index in [-0.39, 0.29) is 0 Å². The molecule has 2 aromatic carbocycles. The lowest BCUT2D eigenvalue weighted by molar-refractivity contribution is 0.409. The van der Waals surface area contributed by atoms with E-state index in [1.807, 2.05) is 24.3 Å². The molecule has 0 saturated carbocycles. The topological polar surface area (TPSA) is 59.6 Å². The van der Waals surface area contributed by atoms with Crippen LogP contribution >= 0.6 is 0 Å². The van der Waals surface area contributed by atoms with Crippen molar-refractivity contribution in [1.29, 1.82) is 0 Å². The molecule has 23 heavy (non-hydrogen) atoms. The van der Waals surface area contributed by atoms with Crippen molar-refractivity contribution in [2.45, 2.75) is 26.7 Å². The van der Waals surface area contributed by atoms with Crippen LogP contribution in [-0.2, 0) is 12.8 Å². The molecule has 4 heteroatoms. The molecular weight excluding hydrogens is 286 g/mol. The predicted molar refractivity (Wildman–Crippen MR) is 97.4 cm³/mol. The van der Waals surface area contributed by atoms with E-state index >= 15 is 0 Å². The summed E-state index contributed by atoms with van der Waals surface area (Å²) in [7, 11) is 1.69. The molecule has 0 fully saturated rings. The number of nitrogens with two attached hydrogens (primary N) is 1. The van der Waals surface area contributed by atoms with Gasteiger partial charge in [-0.2, -0.15) is 0 Å². The van der Waals surface area contributed by atoms with E-state index < -0.39 is 0 Å². The number of nitrogens with zero attached hydrogens (tertiary/aromatic N) is 1. The van der Waals surface area contributed by atoms with Gasteiger partial charge in [0.1, 0.15) is 5.75 Å². The summed E-state index contributed by atoms with van der Waals surface area (Å²) in [5.74, 6) is 1.33. The van der Waals surface area contributed by atoms with Gasteiger partial charge in [-0.15, -0.1) is 0 Å². The van der Waals surface area contributed by atoms with E-state index in [1.54, 1.807) is 7.11 Å². The number of anilines is 1. The maximum Gasteiger partial charge on any atom is 0.193 e. The molecule has 0 aromatic heterocycles.